The van der Waals surface area contributed by atoms with Crippen LogP contribution in [0.25, 0.3) is 0 Å². The largest absolute Gasteiger partial charge is 0.370 e. The Bertz CT molecular complexity index is 1240. The molecule has 2 aliphatic rings. The van der Waals surface area contributed by atoms with Crippen LogP contribution in [-0.2, 0) is 17.9 Å². The lowest BCUT2D eigenvalue weighted by Gasteiger charge is -2.36. The number of hydrogen-bond acceptors (Lipinski definition) is 7. The lowest BCUT2D eigenvalue weighted by Crippen LogP contribution is -2.44. The predicted molar refractivity (Wildman–Crippen MR) is 133 cm³/mol. The number of aromatic nitrogens is 1. The summed E-state index contributed by atoms with van der Waals surface area (Å²) in [6.07, 6.45) is 1.66. The van der Waals surface area contributed by atoms with E-state index in [4.69, 9.17) is 0 Å². The number of carbonyl (C=O) groups excluding carboxylic acids is 3. The number of thiazole rings is 1. The standard InChI is InChI=1S/C25H26N4O3S2/c1-16-26-18(15-34-16)13-27(2)23(30)17-6-4-10-28(12-17)21-9-3-8-20-22(21)25(32)29(24(20)31)14-19-7-5-11-33-19/h3,5,7-9,11,15,17H,4,6,10,12-14H2,1-2H3. The highest BCUT2D eigenvalue weighted by Gasteiger charge is 2.39. The molecule has 0 aliphatic carbocycles. The van der Waals surface area contributed by atoms with Gasteiger partial charge < -0.3 is 9.80 Å². The van der Waals surface area contributed by atoms with Gasteiger partial charge in [-0.2, -0.15) is 0 Å². The first-order valence-electron chi connectivity index (χ1n) is 11.3. The molecule has 0 N–H and O–H groups in total. The van der Waals surface area contributed by atoms with Crippen LogP contribution >= 0.6 is 22.7 Å². The number of thiophene rings is 1. The molecule has 0 spiro atoms. The Kier molecular flexibility index (Phi) is 6.22. The topological polar surface area (TPSA) is 73.8 Å². The molecular formula is C25H26N4O3S2. The van der Waals surface area contributed by atoms with Gasteiger partial charge in [-0.3, -0.25) is 19.3 Å². The van der Waals surface area contributed by atoms with Gasteiger partial charge in [-0.15, -0.1) is 22.7 Å². The molecule has 5 rings (SSSR count). The van der Waals surface area contributed by atoms with E-state index in [1.165, 1.54) is 16.2 Å². The third-order valence-electron chi connectivity index (χ3n) is 6.42. The lowest BCUT2D eigenvalue weighted by molar-refractivity contribution is -0.135. The molecule has 0 bridgehead atoms. The summed E-state index contributed by atoms with van der Waals surface area (Å²) in [7, 11) is 1.82. The summed E-state index contributed by atoms with van der Waals surface area (Å²) < 4.78 is 0. The first-order chi connectivity index (χ1) is 16.4. The first-order valence-corrected chi connectivity index (χ1v) is 13.1. The van der Waals surface area contributed by atoms with Crippen molar-refractivity contribution in [2.75, 3.05) is 25.0 Å². The predicted octanol–water partition coefficient (Wildman–Crippen LogP) is 4.18. The van der Waals surface area contributed by atoms with Gasteiger partial charge in [0.25, 0.3) is 11.8 Å². The van der Waals surface area contributed by atoms with E-state index in [0.717, 1.165) is 40.7 Å². The maximum Gasteiger partial charge on any atom is 0.264 e. The van der Waals surface area contributed by atoms with Crippen LogP contribution in [0.2, 0.25) is 0 Å². The molecule has 4 heterocycles. The monoisotopic (exact) mass is 494 g/mol. The molecule has 1 unspecified atom stereocenters. The van der Waals surface area contributed by atoms with Crippen molar-refractivity contribution in [2.24, 2.45) is 5.92 Å². The summed E-state index contributed by atoms with van der Waals surface area (Å²) in [5, 5.41) is 4.92. The van der Waals surface area contributed by atoms with E-state index in [1.807, 2.05) is 49.0 Å². The van der Waals surface area contributed by atoms with Gasteiger partial charge in [-0.25, -0.2) is 4.98 Å². The van der Waals surface area contributed by atoms with Gasteiger partial charge in [-0.05, 0) is 43.3 Å². The SMILES string of the molecule is Cc1nc(CN(C)C(=O)C2CCCN(c3cccc4c3C(=O)N(Cc3cccs3)C4=O)C2)cs1. The number of amides is 3. The second-order valence-electron chi connectivity index (χ2n) is 8.81. The molecule has 7 nitrogen and oxygen atoms in total. The summed E-state index contributed by atoms with van der Waals surface area (Å²) in [5.74, 6) is -0.583. The van der Waals surface area contributed by atoms with Crippen LogP contribution in [0.1, 0.15) is 49.1 Å². The Labute approximate surface area is 206 Å². The van der Waals surface area contributed by atoms with Crippen molar-refractivity contribution in [1.29, 1.82) is 0 Å². The molecular weight excluding hydrogens is 468 g/mol. The number of aryl methyl sites for hydroxylation is 1. The van der Waals surface area contributed by atoms with Crippen LogP contribution in [0.15, 0.2) is 41.1 Å². The second kappa shape index (κ2) is 9.31. The van der Waals surface area contributed by atoms with Crippen molar-refractivity contribution < 1.29 is 14.4 Å². The van der Waals surface area contributed by atoms with Gasteiger partial charge in [0.05, 0.1) is 46.5 Å². The van der Waals surface area contributed by atoms with Gasteiger partial charge >= 0.3 is 0 Å². The van der Waals surface area contributed by atoms with Crippen molar-refractivity contribution in [1.82, 2.24) is 14.8 Å². The minimum atomic E-state index is -0.256. The fourth-order valence-corrected chi connectivity index (χ4v) is 6.09. The van der Waals surface area contributed by atoms with Crippen LogP contribution in [0.3, 0.4) is 0 Å². The minimum absolute atomic E-state index is 0.0876. The van der Waals surface area contributed by atoms with E-state index in [9.17, 15) is 14.4 Å². The summed E-state index contributed by atoms with van der Waals surface area (Å²) in [5.41, 5.74) is 2.56. The average Bonchev–Trinajstić information content (AvgIpc) is 3.56. The Hall–Kier alpha value is -3.04. The van der Waals surface area contributed by atoms with E-state index < -0.39 is 0 Å². The Balaban J connectivity index is 1.34. The number of imide groups is 1. The van der Waals surface area contributed by atoms with Crippen LogP contribution in [0.4, 0.5) is 5.69 Å². The average molecular weight is 495 g/mol. The molecule has 34 heavy (non-hydrogen) atoms. The number of nitrogens with zero attached hydrogens (tertiary/aromatic N) is 4. The summed E-state index contributed by atoms with van der Waals surface area (Å²) in [4.78, 5) is 50.2. The number of rotatable bonds is 6. The zero-order chi connectivity index (χ0) is 23.8. The number of anilines is 1. The molecule has 0 saturated carbocycles. The molecule has 3 amide bonds. The Morgan fingerprint density at radius 2 is 2.03 bits per heavy atom. The van der Waals surface area contributed by atoms with Gasteiger partial charge in [0.1, 0.15) is 0 Å². The van der Waals surface area contributed by atoms with Crippen LogP contribution < -0.4 is 4.90 Å². The van der Waals surface area contributed by atoms with Crippen molar-refractivity contribution in [3.63, 3.8) is 0 Å². The third-order valence-corrected chi connectivity index (χ3v) is 8.11. The number of carbonyl (C=O) groups is 3. The maximum atomic E-state index is 13.3. The molecule has 9 heteroatoms. The lowest BCUT2D eigenvalue weighted by atomic mass is 9.95. The fourth-order valence-electron chi connectivity index (χ4n) is 4.79. The van der Waals surface area contributed by atoms with Gasteiger partial charge in [0, 0.05) is 30.4 Å². The Morgan fingerprint density at radius 1 is 1.18 bits per heavy atom. The molecule has 3 aromatic rings. The van der Waals surface area contributed by atoms with E-state index in [1.54, 1.807) is 22.3 Å². The highest BCUT2D eigenvalue weighted by Crippen LogP contribution is 2.35. The molecule has 0 radical (unpaired) electrons. The van der Waals surface area contributed by atoms with E-state index in [2.05, 4.69) is 9.88 Å². The molecule has 1 saturated heterocycles. The molecule has 2 aliphatic heterocycles. The van der Waals surface area contributed by atoms with Gasteiger partial charge in [-0.1, -0.05) is 12.1 Å². The molecule has 1 aromatic carbocycles. The second-order valence-corrected chi connectivity index (χ2v) is 10.9. The van der Waals surface area contributed by atoms with E-state index >= 15 is 0 Å². The van der Waals surface area contributed by atoms with Crippen LogP contribution in [-0.4, -0.2) is 52.6 Å². The third kappa shape index (κ3) is 4.25. The first kappa shape index (κ1) is 22.7. The molecule has 1 atom stereocenters. The van der Waals surface area contributed by atoms with Crippen molar-refractivity contribution in [3.8, 4) is 0 Å². The number of piperidine rings is 1. The molecule has 1 fully saturated rings. The van der Waals surface area contributed by atoms with Crippen molar-refractivity contribution in [2.45, 2.75) is 32.9 Å². The highest BCUT2D eigenvalue weighted by molar-refractivity contribution is 7.10. The normalized spacial score (nSPS) is 17.9. The minimum Gasteiger partial charge on any atom is -0.370 e. The maximum absolute atomic E-state index is 13.3. The molecule has 2 aromatic heterocycles. The van der Waals surface area contributed by atoms with E-state index in [-0.39, 0.29) is 30.2 Å². The number of benzene rings is 1. The van der Waals surface area contributed by atoms with E-state index in [0.29, 0.717) is 24.2 Å². The number of hydrogen-bond donors (Lipinski definition) is 0. The van der Waals surface area contributed by atoms with Crippen molar-refractivity contribution in [3.05, 3.63) is 67.8 Å². The summed E-state index contributed by atoms with van der Waals surface area (Å²) in [6.45, 7) is 4.02. The summed E-state index contributed by atoms with van der Waals surface area (Å²) >= 11 is 3.11. The highest BCUT2D eigenvalue weighted by atomic mass is 32.1. The quantitative estimate of drug-likeness (QED) is 0.481. The van der Waals surface area contributed by atoms with Gasteiger partial charge in [0.15, 0.2) is 0 Å². The zero-order valence-corrected chi connectivity index (χ0v) is 20.8. The van der Waals surface area contributed by atoms with Crippen LogP contribution in [0, 0.1) is 12.8 Å². The smallest absolute Gasteiger partial charge is 0.264 e. The number of fused-ring (bicyclic) bond motifs is 1. The van der Waals surface area contributed by atoms with Crippen molar-refractivity contribution >= 4 is 46.1 Å². The zero-order valence-electron chi connectivity index (χ0n) is 19.2. The fraction of sp³-hybridized carbons (Fsp3) is 0.360. The molecule has 176 valence electrons. The summed E-state index contributed by atoms with van der Waals surface area (Å²) in [6, 6.07) is 9.30. The van der Waals surface area contributed by atoms with Gasteiger partial charge in [0.2, 0.25) is 5.91 Å². The van der Waals surface area contributed by atoms with Crippen LogP contribution in [0.5, 0.6) is 0 Å². The Morgan fingerprint density at radius 3 is 2.76 bits per heavy atom.